The van der Waals surface area contributed by atoms with Crippen molar-refractivity contribution < 1.29 is 22.4 Å². The molecule has 0 radical (unpaired) electrons. The van der Waals surface area contributed by atoms with Gasteiger partial charge >= 0.3 is 0 Å². The summed E-state index contributed by atoms with van der Waals surface area (Å²) in [5.74, 6) is 0. The smallest absolute Gasteiger partial charge is 0.294 e. The van der Waals surface area contributed by atoms with E-state index in [2.05, 4.69) is 4.90 Å². The molecule has 1 N–H and O–H groups in total. The van der Waals surface area contributed by atoms with E-state index in [1.165, 1.54) is 12.1 Å². The van der Waals surface area contributed by atoms with Crippen molar-refractivity contribution in [3.63, 3.8) is 0 Å². The average molecular weight is 285 g/mol. The van der Waals surface area contributed by atoms with Crippen LogP contribution in [0.5, 0.6) is 0 Å². The Balaban J connectivity index is 1.76. The van der Waals surface area contributed by atoms with E-state index in [1.807, 2.05) is 0 Å². The Kier molecular flexibility index (Phi) is 3.22. The number of hydrogen-bond donors (Lipinski definition) is 1. The summed E-state index contributed by atoms with van der Waals surface area (Å²) < 4.78 is 41.4. The second-order valence-corrected chi connectivity index (χ2v) is 6.21. The van der Waals surface area contributed by atoms with Gasteiger partial charge in [-0.15, -0.1) is 0 Å². The van der Waals surface area contributed by atoms with Crippen molar-refractivity contribution in [2.75, 3.05) is 31.2 Å². The lowest BCUT2D eigenvalue weighted by Crippen LogP contribution is -2.31. The molecule has 0 aliphatic carbocycles. The first-order valence-corrected chi connectivity index (χ1v) is 7.52. The first kappa shape index (κ1) is 12.9. The largest absolute Gasteiger partial charge is 0.371 e. The molecule has 2 atom stereocenters. The van der Waals surface area contributed by atoms with Gasteiger partial charge in [0, 0.05) is 18.8 Å². The maximum Gasteiger partial charge on any atom is 0.294 e. The quantitative estimate of drug-likeness (QED) is 0.606. The van der Waals surface area contributed by atoms with Crippen LogP contribution in [0.3, 0.4) is 0 Å². The minimum Gasteiger partial charge on any atom is -0.371 e. The van der Waals surface area contributed by atoms with Gasteiger partial charge in [-0.3, -0.25) is 4.55 Å². The molecule has 2 unspecified atom stereocenters. The number of anilines is 1. The van der Waals surface area contributed by atoms with Crippen molar-refractivity contribution in [1.82, 2.24) is 0 Å². The van der Waals surface area contributed by atoms with Crippen LogP contribution in [0.2, 0.25) is 0 Å². The van der Waals surface area contributed by atoms with Crippen molar-refractivity contribution in [1.29, 1.82) is 0 Å². The fourth-order valence-electron chi connectivity index (χ4n) is 1.95. The Bertz CT molecular complexity index is 534. The molecule has 2 fully saturated rings. The predicted molar refractivity (Wildman–Crippen MR) is 67.9 cm³/mol. The molecule has 2 heterocycles. The van der Waals surface area contributed by atoms with E-state index in [9.17, 15) is 8.42 Å². The summed E-state index contributed by atoms with van der Waals surface area (Å²) in [6, 6.07) is 6.18. The van der Waals surface area contributed by atoms with Crippen molar-refractivity contribution in [2.45, 2.75) is 17.1 Å². The van der Waals surface area contributed by atoms with Crippen molar-refractivity contribution in [3.05, 3.63) is 24.3 Å². The van der Waals surface area contributed by atoms with E-state index in [1.54, 1.807) is 12.1 Å². The van der Waals surface area contributed by atoms with Crippen LogP contribution in [0.4, 0.5) is 5.69 Å². The highest BCUT2D eigenvalue weighted by atomic mass is 32.2. The summed E-state index contributed by atoms with van der Waals surface area (Å²) in [4.78, 5) is 2.02. The zero-order valence-electron chi connectivity index (χ0n) is 10.2. The lowest BCUT2D eigenvalue weighted by Gasteiger charge is -2.23. The molecule has 1 aromatic rings. The van der Waals surface area contributed by atoms with E-state index >= 15 is 0 Å². The highest BCUT2D eigenvalue weighted by Gasteiger charge is 2.30. The van der Waals surface area contributed by atoms with Gasteiger partial charge in [0.05, 0.1) is 30.3 Å². The molecule has 6 nitrogen and oxygen atoms in total. The fourth-order valence-corrected chi connectivity index (χ4v) is 2.43. The molecule has 2 aliphatic rings. The maximum atomic E-state index is 11.0. The van der Waals surface area contributed by atoms with Crippen LogP contribution < -0.4 is 4.90 Å². The van der Waals surface area contributed by atoms with E-state index in [0.717, 1.165) is 32.0 Å². The number of rotatable bonds is 6. The molecule has 0 bridgehead atoms. The Morgan fingerprint density at radius 3 is 1.95 bits per heavy atom. The molecule has 3 rings (SSSR count). The second-order valence-electron chi connectivity index (χ2n) is 4.78. The molecular weight excluding hydrogens is 270 g/mol. The van der Waals surface area contributed by atoms with Gasteiger partial charge in [0.2, 0.25) is 0 Å². The van der Waals surface area contributed by atoms with Crippen LogP contribution >= 0.6 is 0 Å². The normalized spacial score (nSPS) is 25.1. The molecule has 0 saturated carbocycles. The summed E-state index contributed by atoms with van der Waals surface area (Å²) in [5, 5.41) is 0. The third-order valence-corrected chi connectivity index (χ3v) is 4.02. The molecule has 2 aliphatic heterocycles. The molecule has 0 amide bonds. The lowest BCUT2D eigenvalue weighted by atomic mass is 10.2. The van der Waals surface area contributed by atoms with Crippen LogP contribution in [0.1, 0.15) is 0 Å². The monoisotopic (exact) mass is 285 g/mol. The SMILES string of the molecule is O=S(=O)(O)c1ccc(N(CC2CO2)CC2CO2)cc1. The van der Waals surface area contributed by atoms with Crippen molar-refractivity contribution in [3.8, 4) is 0 Å². The van der Waals surface area contributed by atoms with Crippen LogP contribution in [-0.4, -0.2) is 51.5 Å². The topological polar surface area (TPSA) is 82.7 Å². The van der Waals surface area contributed by atoms with E-state index in [4.69, 9.17) is 14.0 Å². The maximum absolute atomic E-state index is 11.0. The summed E-state index contributed by atoms with van der Waals surface area (Å²) in [6.07, 6.45) is 0.500. The van der Waals surface area contributed by atoms with Crippen LogP contribution in [0, 0.1) is 0 Å². The number of benzene rings is 1. The Labute approximate surface area is 111 Å². The average Bonchev–Trinajstić information content (AvgIpc) is 3.22. The third kappa shape index (κ3) is 3.44. The predicted octanol–water partition coefficient (Wildman–Crippen LogP) is 0.537. The van der Waals surface area contributed by atoms with Crippen molar-refractivity contribution in [2.24, 2.45) is 0 Å². The molecule has 7 heteroatoms. The fraction of sp³-hybridized carbons (Fsp3) is 0.500. The van der Waals surface area contributed by atoms with Crippen LogP contribution in [0.25, 0.3) is 0 Å². The molecule has 19 heavy (non-hydrogen) atoms. The van der Waals surface area contributed by atoms with Gasteiger partial charge in [0.15, 0.2) is 0 Å². The Morgan fingerprint density at radius 1 is 1.11 bits per heavy atom. The zero-order valence-corrected chi connectivity index (χ0v) is 11.0. The first-order valence-electron chi connectivity index (χ1n) is 6.08. The minimum atomic E-state index is -4.13. The highest BCUT2D eigenvalue weighted by molar-refractivity contribution is 7.85. The van der Waals surface area contributed by atoms with Gasteiger partial charge < -0.3 is 14.4 Å². The Hall–Kier alpha value is -1.15. The Morgan fingerprint density at radius 2 is 1.58 bits per heavy atom. The highest BCUT2D eigenvalue weighted by Crippen LogP contribution is 2.23. The van der Waals surface area contributed by atoms with Gasteiger partial charge in [-0.25, -0.2) is 0 Å². The van der Waals surface area contributed by atoms with Gasteiger partial charge in [0.25, 0.3) is 10.1 Å². The molecule has 0 aromatic heterocycles. The third-order valence-electron chi connectivity index (χ3n) is 3.15. The van der Waals surface area contributed by atoms with Gasteiger partial charge in [-0.2, -0.15) is 8.42 Å². The van der Waals surface area contributed by atoms with Crippen LogP contribution in [0.15, 0.2) is 29.2 Å². The minimum absolute atomic E-state index is 0.0958. The number of hydrogen-bond acceptors (Lipinski definition) is 5. The van der Waals surface area contributed by atoms with Gasteiger partial charge in [0.1, 0.15) is 0 Å². The summed E-state index contributed by atoms with van der Waals surface area (Å²) in [6.45, 7) is 3.08. The molecule has 104 valence electrons. The lowest BCUT2D eigenvalue weighted by molar-refractivity contribution is 0.389. The van der Waals surface area contributed by atoms with Gasteiger partial charge in [-0.05, 0) is 24.3 Å². The summed E-state index contributed by atoms with van der Waals surface area (Å²) in [5.41, 5.74) is 0.901. The van der Waals surface area contributed by atoms with E-state index in [0.29, 0.717) is 0 Å². The van der Waals surface area contributed by atoms with Crippen LogP contribution in [-0.2, 0) is 19.6 Å². The number of nitrogens with zero attached hydrogens (tertiary/aromatic N) is 1. The molecule has 1 aromatic carbocycles. The standard InChI is InChI=1S/C12H15NO5S/c14-19(15,16)12-3-1-9(2-4-12)13(5-10-7-17-10)6-11-8-18-11/h1-4,10-11H,5-8H2,(H,14,15,16). The number of ether oxygens (including phenoxy) is 2. The second kappa shape index (κ2) is 4.75. The molecule has 0 spiro atoms. The summed E-state index contributed by atoms with van der Waals surface area (Å²) >= 11 is 0. The molecular formula is C12H15NO5S. The van der Waals surface area contributed by atoms with Crippen molar-refractivity contribution >= 4 is 15.8 Å². The van der Waals surface area contributed by atoms with E-state index < -0.39 is 10.1 Å². The first-order chi connectivity index (χ1) is 9.02. The summed E-state index contributed by atoms with van der Waals surface area (Å²) in [7, 11) is -4.13. The molecule has 2 saturated heterocycles. The van der Waals surface area contributed by atoms with Gasteiger partial charge in [-0.1, -0.05) is 0 Å². The zero-order chi connectivity index (χ0) is 13.5. The van der Waals surface area contributed by atoms with E-state index in [-0.39, 0.29) is 17.1 Å². The number of epoxide rings is 2.